The fraction of sp³-hybridized carbons (Fsp3) is 0. The third kappa shape index (κ3) is 7.82. The Morgan fingerprint density at radius 2 is 0.824 bits per heavy atom. The summed E-state index contributed by atoms with van der Waals surface area (Å²) in [5.41, 5.74) is 19.1. The van der Waals surface area contributed by atoms with Gasteiger partial charge in [0.2, 0.25) is 0 Å². The van der Waals surface area contributed by atoms with Crippen molar-refractivity contribution in [3.05, 3.63) is 297 Å². The Hall–Kier alpha value is -11.5. The molecule has 0 saturated heterocycles. The molecule has 0 N–H and O–H groups in total. The van der Waals surface area contributed by atoms with Gasteiger partial charge in [-0.25, -0.2) is 0 Å². The van der Waals surface area contributed by atoms with Gasteiger partial charge >= 0.3 is 0 Å². The lowest BCUT2D eigenvalue weighted by Crippen LogP contribution is -1.97. The Kier molecular flexibility index (Phi) is 10.9. The number of para-hydroxylation sites is 2. The molecular weight excluding hydrogens is 1030 g/mol. The molecule has 0 amide bonds. The Balaban J connectivity index is 0.767. The molecule has 5 heterocycles. The maximum Gasteiger partial charge on any atom is 0.169 e. The van der Waals surface area contributed by atoms with Gasteiger partial charge in [-0.3, -0.25) is 8.80 Å². The van der Waals surface area contributed by atoms with Gasteiger partial charge < -0.3 is 4.57 Å². The summed E-state index contributed by atoms with van der Waals surface area (Å²) < 4.78 is 6.73. The van der Waals surface area contributed by atoms with E-state index in [1.807, 2.05) is 0 Å². The van der Waals surface area contributed by atoms with Gasteiger partial charge in [0.25, 0.3) is 0 Å². The Morgan fingerprint density at radius 1 is 0.318 bits per heavy atom. The van der Waals surface area contributed by atoms with Gasteiger partial charge in [-0.05, 0) is 144 Å². The highest BCUT2D eigenvalue weighted by Gasteiger charge is 2.20. The van der Waals surface area contributed by atoms with E-state index < -0.39 is 0 Å². The molecule has 7 heteroatoms. The van der Waals surface area contributed by atoms with Crippen molar-refractivity contribution < 1.29 is 0 Å². The summed E-state index contributed by atoms with van der Waals surface area (Å²) in [6.45, 7) is 4.63. The van der Waals surface area contributed by atoms with Crippen molar-refractivity contribution in [2.24, 2.45) is 0 Å². The highest BCUT2D eigenvalue weighted by molar-refractivity contribution is 6.15. The molecule has 0 aliphatic heterocycles. The number of hydrogen-bond acceptors (Lipinski definition) is 4. The second-order valence-electron chi connectivity index (χ2n) is 22.0. The van der Waals surface area contributed by atoms with Gasteiger partial charge in [-0.2, -0.15) is 0 Å². The summed E-state index contributed by atoms with van der Waals surface area (Å²) in [6, 6.07) is 97.9. The zero-order valence-corrected chi connectivity index (χ0v) is 46.0. The highest BCUT2D eigenvalue weighted by Crippen LogP contribution is 2.40. The molecule has 0 atom stereocenters. The van der Waals surface area contributed by atoms with Crippen LogP contribution < -0.4 is 0 Å². The number of allylic oxidation sites excluding steroid dienone is 2. The van der Waals surface area contributed by atoms with Crippen LogP contribution in [-0.4, -0.2) is 33.8 Å². The van der Waals surface area contributed by atoms with E-state index in [1.54, 1.807) is 0 Å². The summed E-state index contributed by atoms with van der Waals surface area (Å²) in [5, 5.41) is 31.0. The Labute approximate surface area is 488 Å². The monoisotopic (exact) mass is 1080 g/mol. The van der Waals surface area contributed by atoms with Gasteiger partial charge in [0.05, 0.1) is 22.1 Å². The van der Waals surface area contributed by atoms with E-state index in [0.717, 1.165) is 105 Å². The third-order valence-corrected chi connectivity index (χ3v) is 17.2. The Morgan fingerprint density at radius 3 is 1.53 bits per heavy atom. The van der Waals surface area contributed by atoms with Gasteiger partial charge in [0.1, 0.15) is 0 Å². The van der Waals surface area contributed by atoms with E-state index in [2.05, 4.69) is 305 Å². The summed E-state index contributed by atoms with van der Waals surface area (Å²) in [5.74, 6) is 1.46. The molecule has 0 unspecified atom stereocenters. The number of pyridine rings is 2. The van der Waals surface area contributed by atoms with Crippen LogP contribution in [0.1, 0.15) is 11.4 Å². The molecule has 17 aromatic rings. The minimum absolute atomic E-state index is 0.685. The molecule has 17 rings (SSSR count). The molecule has 85 heavy (non-hydrogen) atoms. The van der Waals surface area contributed by atoms with Gasteiger partial charge in [0.15, 0.2) is 22.9 Å². The van der Waals surface area contributed by atoms with E-state index >= 15 is 0 Å². The number of aromatic nitrogens is 7. The third-order valence-electron chi connectivity index (χ3n) is 17.2. The first-order valence-corrected chi connectivity index (χ1v) is 28.7. The molecule has 0 spiro atoms. The maximum absolute atomic E-state index is 4.98. The van der Waals surface area contributed by atoms with E-state index in [9.17, 15) is 0 Å². The van der Waals surface area contributed by atoms with Crippen LogP contribution in [0.4, 0.5) is 0 Å². The van der Waals surface area contributed by atoms with Crippen LogP contribution in [0, 0.1) is 0 Å². The summed E-state index contributed by atoms with van der Waals surface area (Å²) in [6.07, 6.45) is 4.19. The molecule has 0 bridgehead atoms. The molecule has 0 aliphatic rings. The molecular formula is C78H49N7. The van der Waals surface area contributed by atoms with Gasteiger partial charge in [0, 0.05) is 49.1 Å². The van der Waals surface area contributed by atoms with Crippen LogP contribution in [0.5, 0.6) is 0 Å². The van der Waals surface area contributed by atoms with Crippen molar-refractivity contribution in [1.29, 1.82) is 0 Å². The van der Waals surface area contributed by atoms with Crippen molar-refractivity contribution >= 4 is 98.9 Å². The normalized spacial score (nSPS) is 12.0. The predicted octanol–water partition coefficient (Wildman–Crippen LogP) is 19.7. The minimum Gasteiger partial charge on any atom is -0.309 e. The van der Waals surface area contributed by atoms with Crippen molar-refractivity contribution in [1.82, 2.24) is 33.8 Å². The van der Waals surface area contributed by atoms with E-state index in [1.165, 1.54) is 54.8 Å². The summed E-state index contributed by atoms with van der Waals surface area (Å²) in [4.78, 5) is 0. The molecule has 0 saturated carbocycles. The van der Waals surface area contributed by atoms with Crippen LogP contribution in [-0.2, 0) is 0 Å². The van der Waals surface area contributed by atoms with Crippen LogP contribution in [0.25, 0.3) is 160 Å². The SMILES string of the molecule is C=C(C=Cc1ccc2c(c1)c1cc(-c3ccc(-c4cccc5ccccc45)cc3)ccc1n1c(-c3ccc(-n4c5ccccc5c5ccccc54)cc3)nnc21)c1nnc2c3ccccc3c3cc(-c4ccc(-c5ccccc5)cc4)ccc3n12. The average molecular weight is 1080 g/mol. The minimum atomic E-state index is 0.685. The van der Waals surface area contributed by atoms with Crippen molar-refractivity contribution in [2.45, 2.75) is 0 Å². The lowest BCUT2D eigenvalue weighted by atomic mass is 9.95. The molecule has 396 valence electrons. The first-order valence-electron chi connectivity index (χ1n) is 28.7. The quantitative estimate of drug-likeness (QED) is 0.107. The molecule has 0 fully saturated rings. The van der Waals surface area contributed by atoms with E-state index in [-0.39, 0.29) is 0 Å². The molecule has 0 aliphatic carbocycles. The van der Waals surface area contributed by atoms with Crippen molar-refractivity contribution in [2.75, 3.05) is 0 Å². The fourth-order valence-corrected chi connectivity index (χ4v) is 13.1. The molecule has 7 nitrogen and oxygen atoms in total. The average Bonchev–Trinajstić information content (AvgIpc) is 4.26. The topological polar surface area (TPSA) is 65.3 Å². The Bertz CT molecular complexity index is 5530. The lowest BCUT2D eigenvalue weighted by molar-refractivity contribution is 1.08. The lowest BCUT2D eigenvalue weighted by Gasteiger charge is -2.13. The van der Waals surface area contributed by atoms with E-state index in [4.69, 9.17) is 20.4 Å². The zero-order chi connectivity index (χ0) is 56.1. The van der Waals surface area contributed by atoms with Crippen molar-refractivity contribution in [3.8, 4) is 61.6 Å². The summed E-state index contributed by atoms with van der Waals surface area (Å²) in [7, 11) is 0. The fourth-order valence-electron chi connectivity index (χ4n) is 13.1. The highest BCUT2D eigenvalue weighted by atomic mass is 15.3. The smallest absolute Gasteiger partial charge is 0.169 e. The molecule has 0 radical (unpaired) electrons. The van der Waals surface area contributed by atoms with E-state index in [0.29, 0.717) is 5.82 Å². The first kappa shape index (κ1) is 48.2. The second-order valence-corrected chi connectivity index (χ2v) is 22.0. The molecule has 5 aromatic heterocycles. The summed E-state index contributed by atoms with van der Waals surface area (Å²) >= 11 is 0. The van der Waals surface area contributed by atoms with Crippen molar-refractivity contribution in [3.63, 3.8) is 0 Å². The zero-order valence-electron chi connectivity index (χ0n) is 46.0. The first-order chi connectivity index (χ1) is 42.1. The number of benzene rings is 12. The van der Waals surface area contributed by atoms with Crippen LogP contribution in [0.15, 0.2) is 286 Å². The number of fused-ring (bicyclic) bond motifs is 16. The van der Waals surface area contributed by atoms with Crippen LogP contribution in [0.2, 0.25) is 0 Å². The standard InChI is InChI=1S/C78H49N7/c1-49(75-79-81-77-66-22-8-7-19-63(66)69-47-58(39-44-73(69)84(75)77)53-31-29-52(30-32-53)51-14-3-2-4-15-51)26-27-50-28-43-67-68(46-50)70-48-59(54-33-35-56(36-34-54)62-23-13-17-55-16-5-6-18-61(55)62)40-45-74(70)85-76(80-82-78(67)85)57-37-41-60(42-38-57)83-71-24-11-9-20-64(71)65-21-10-12-25-72(65)83/h2-48H,1H2. The predicted molar refractivity (Wildman–Crippen MR) is 353 cm³/mol. The second kappa shape index (κ2) is 19.3. The number of rotatable bonds is 9. The van der Waals surface area contributed by atoms with Crippen LogP contribution in [0.3, 0.4) is 0 Å². The maximum atomic E-state index is 4.98. The van der Waals surface area contributed by atoms with Gasteiger partial charge in [-0.1, -0.05) is 219 Å². The van der Waals surface area contributed by atoms with Gasteiger partial charge in [-0.15, -0.1) is 20.4 Å². The molecule has 12 aromatic carbocycles. The number of hydrogen-bond donors (Lipinski definition) is 0. The van der Waals surface area contributed by atoms with Crippen LogP contribution >= 0.6 is 0 Å². The number of nitrogens with zero attached hydrogens (tertiary/aromatic N) is 7. The largest absolute Gasteiger partial charge is 0.309 e.